The van der Waals surface area contributed by atoms with Gasteiger partial charge in [-0.15, -0.1) is 0 Å². The van der Waals surface area contributed by atoms with Crippen LogP contribution in [0.15, 0.2) is 66.9 Å². The van der Waals surface area contributed by atoms with Crippen LogP contribution < -0.4 is 19.7 Å². The number of benzene rings is 2. The van der Waals surface area contributed by atoms with E-state index in [4.69, 9.17) is 9.47 Å². The highest BCUT2D eigenvalue weighted by Gasteiger charge is 2.31. The van der Waals surface area contributed by atoms with Crippen LogP contribution in [0, 0.1) is 0 Å². The van der Waals surface area contributed by atoms with E-state index in [9.17, 15) is 23.1 Å². The number of ether oxygens (including phenoxy) is 2. The van der Waals surface area contributed by atoms with Gasteiger partial charge in [0, 0.05) is 45.5 Å². The number of para-hydroxylation sites is 2. The zero-order valence-electron chi connectivity index (χ0n) is 22.4. The molecule has 1 saturated heterocycles. The van der Waals surface area contributed by atoms with Crippen molar-refractivity contribution < 1.29 is 32.5 Å². The Labute approximate surface area is 231 Å². The van der Waals surface area contributed by atoms with Crippen LogP contribution in [0.4, 0.5) is 18.9 Å². The highest BCUT2D eigenvalue weighted by molar-refractivity contribution is 5.96. The average molecular weight is 559 g/mol. The van der Waals surface area contributed by atoms with Gasteiger partial charge < -0.3 is 24.8 Å². The number of halogens is 3. The van der Waals surface area contributed by atoms with Crippen LogP contribution in [-0.4, -0.2) is 72.4 Å². The summed E-state index contributed by atoms with van der Waals surface area (Å²) in [5, 5.41) is 13.3. The Hall–Kier alpha value is -3.83. The third-order valence-electron chi connectivity index (χ3n) is 6.30. The number of nitrogens with zero attached hydrogens (tertiary/aromatic N) is 3. The molecular weight excluding hydrogens is 525 g/mol. The molecule has 4 rings (SSSR count). The number of pyridine rings is 1. The molecule has 40 heavy (non-hydrogen) atoms. The van der Waals surface area contributed by atoms with Crippen molar-refractivity contribution in [2.24, 2.45) is 0 Å². The molecule has 0 radical (unpaired) electrons. The smallest absolute Gasteiger partial charge is 0.416 e. The highest BCUT2D eigenvalue weighted by atomic mass is 19.4. The lowest BCUT2D eigenvalue weighted by Gasteiger charge is -2.37. The largest absolute Gasteiger partial charge is 0.489 e. The van der Waals surface area contributed by atoms with Gasteiger partial charge in [0.2, 0.25) is 5.88 Å². The van der Waals surface area contributed by atoms with Crippen molar-refractivity contribution in [1.29, 1.82) is 0 Å². The quantitative estimate of drug-likeness (QED) is 0.376. The number of rotatable bonds is 10. The van der Waals surface area contributed by atoms with E-state index >= 15 is 0 Å². The van der Waals surface area contributed by atoms with E-state index in [1.54, 1.807) is 0 Å². The predicted octanol–water partition coefficient (Wildman–Crippen LogP) is 4.59. The zero-order chi connectivity index (χ0) is 28.7. The molecule has 3 aromatic rings. The summed E-state index contributed by atoms with van der Waals surface area (Å²) >= 11 is 0. The van der Waals surface area contributed by atoms with Gasteiger partial charge >= 0.3 is 6.18 Å². The molecule has 2 heterocycles. The Kier molecular flexibility index (Phi) is 9.49. The molecule has 1 atom stereocenters. The molecule has 0 saturated carbocycles. The van der Waals surface area contributed by atoms with Crippen LogP contribution in [0.5, 0.6) is 17.4 Å². The number of amides is 1. The van der Waals surface area contributed by atoms with Crippen LogP contribution in [0.2, 0.25) is 0 Å². The Morgan fingerprint density at radius 1 is 1.05 bits per heavy atom. The van der Waals surface area contributed by atoms with E-state index in [1.807, 2.05) is 38.1 Å². The lowest BCUT2D eigenvalue weighted by molar-refractivity contribution is -0.137. The first-order chi connectivity index (χ1) is 19.1. The van der Waals surface area contributed by atoms with Crippen molar-refractivity contribution in [2.75, 3.05) is 44.2 Å². The highest BCUT2D eigenvalue weighted by Crippen LogP contribution is 2.33. The summed E-state index contributed by atoms with van der Waals surface area (Å²) in [6, 6.07) is 15.3. The number of β-amino-alcohol motifs (C(OH)–C–C–N with tert-alkyl or cyclic N) is 1. The van der Waals surface area contributed by atoms with Crippen molar-refractivity contribution in [3.8, 4) is 17.4 Å². The van der Waals surface area contributed by atoms with Gasteiger partial charge in [-0.1, -0.05) is 18.2 Å². The Balaban J connectivity index is 1.28. The van der Waals surface area contributed by atoms with E-state index in [0.717, 1.165) is 49.7 Å². The summed E-state index contributed by atoms with van der Waals surface area (Å²) in [6.07, 6.45) is -3.90. The van der Waals surface area contributed by atoms with Crippen LogP contribution in [0.1, 0.15) is 29.8 Å². The molecule has 2 aromatic carbocycles. The summed E-state index contributed by atoms with van der Waals surface area (Å²) in [6.45, 7) is 7.35. The summed E-state index contributed by atoms with van der Waals surface area (Å²) in [4.78, 5) is 21.2. The normalized spacial score (nSPS) is 15.1. The second-order valence-electron chi connectivity index (χ2n) is 9.77. The van der Waals surface area contributed by atoms with Crippen molar-refractivity contribution in [3.63, 3.8) is 0 Å². The van der Waals surface area contributed by atoms with E-state index < -0.39 is 23.8 Å². The molecule has 8 nitrogen and oxygen atoms in total. The van der Waals surface area contributed by atoms with E-state index in [1.165, 1.54) is 30.5 Å². The Bertz CT molecular complexity index is 1280. The molecule has 1 amide bonds. The van der Waals surface area contributed by atoms with Crippen molar-refractivity contribution in [2.45, 2.75) is 32.2 Å². The van der Waals surface area contributed by atoms with Crippen LogP contribution in [0.3, 0.4) is 0 Å². The topological polar surface area (TPSA) is 87.2 Å². The number of hydrogen-bond donors (Lipinski definition) is 2. The molecule has 1 fully saturated rings. The lowest BCUT2D eigenvalue weighted by Crippen LogP contribution is -2.50. The van der Waals surface area contributed by atoms with Crippen LogP contribution in [-0.2, 0) is 6.18 Å². The molecule has 2 N–H and O–H groups in total. The maximum Gasteiger partial charge on any atom is 0.416 e. The number of anilines is 1. The van der Waals surface area contributed by atoms with Gasteiger partial charge in [-0.25, -0.2) is 4.98 Å². The SMILES string of the molecule is CC(C)Oc1ccccc1N1CCN(CC(O)CNC(=O)c2cccnc2Oc2cccc(C(F)(F)F)c2)CC1. The molecule has 0 spiro atoms. The summed E-state index contributed by atoms with van der Waals surface area (Å²) in [5.41, 5.74) is 0.218. The molecule has 214 valence electrons. The number of aliphatic hydroxyl groups excluding tert-OH is 1. The van der Waals surface area contributed by atoms with E-state index in [0.29, 0.717) is 6.54 Å². The second-order valence-corrected chi connectivity index (χ2v) is 9.77. The fourth-order valence-corrected chi connectivity index (χ4v) is 4.40. The Morgan fingerprint density at radius 2 is 1.80 bits per heavy atom. The van der Waals surface area contributed by atoms with Crippen molar-refractivity contribution in [1.82, 2.24) is 15.2 Å². The first-order valence-corrected chi connectivity index (χ1v) is 13.1. The second kappa shape index (κ2) is 13.0. The summed E-state index contributed by atoms with van der Waals surface area (Å²) in [7, 11) is 0. The van der Waals surface area contributed by atoms with E-state index in [2.05, 4.69) is 20.1 Å². The number of carbonyl (C=O) groups is 1. The van der Waals surface area contributed by atoms with Gasteiger partial charge in [-0.3, -0.25) is 9.69 Å². The van der Waals surface area contributed by atoms with Gasteiger partial charge in [0.15, 0.2) is 0 Å². The molecule has 0 aliphatic carbocycles. The molecule has 0 bridgehead atoms. The molecule has 1 aliphatic heterocycles. The van der Waals surface area contributed by atoms with Gasteiger partial charge in [-0.2, -0.15) is 13.2 Å². The lowest BCUT2D eigenvalue weighted by atomic mass is 10.2. The minimum atomic E-state index is -4.53. The number of nitrogens with one attached hydrogen (secondary N) is 1. The third kappa shape index (κ3) is 7.86. The molecule has 11 heteroatoms. The van der Waals surface area contributed by atoms with Gasteiger partial charge in [0.1, 0.15) is 17.1 Å². The number of aromatic nitrogens is 1. The summed E-state index contributed by atoms with van der Waals surface area (Å²) in [5.74, 6) is 0.0630. The Morgan fingerprint density at radius 3 is 2.52 bits per heavy atom. The molecule has 1 unspecified atom stereocenters. The van der Waals surface area contributed by atoms with E-state index in [-0.39, 0.29) is 29.8 Å². The number of piperazine rings is 1. The maximum absolute atomic E-state index is 13.0. The molecular formula is C29H33F3N4O4. The first kappa shape index (κ1) is 29.2. The van der Waals surface area contributed by atoms with Gasteiger partial charge in [0.05, 0.1) is 23.5 Å². The van der Waals surface area contributed by atoms with Crippen LogP contribution >= 0.6 is 0 Å². The number of hydrogen-bond acceptors (Lipinski definition) is 7. The fraction of sp³-hybridized carbons (Fsp3) is 0.379. The number of carbonyl (C=O) groups excluding carboxylic acids is 1. The monoisotopic (exact) mass is 558 g/mol. The van der Waals surface area contributed by atoms with Gasteiger partial charge in [0.25, 0.3) is 5.91 Å². The minimum absolute atomic E-state index is 0.0119. The average Bonchev–Trinajstić information content (AvgIpc) is 2.92. The number of alkyl halides is 3. The predicted molar refractivity (Wildman–Crippen MR) is 145 cm³/mol. The molecule has 1 aromatic heterocycles. The minimum Gasteiger partial charge on any atom is -0.489 e. The number of aliphatic hydroxyl groups is 1. The third-order valence-corrected chi connectivity index (χ3v) is 6.30. The van der Waals surface area contributed by atoms with Crippen molar-refractivity contribution >= 4 is 11.6 Å². The van der Waals surface area contributed by atoms with Gasteiger partial charge in [-0.05, 0) is 56.3 Å². The standard InChI is InChI=1S/C29H33F3N4O4/c1-20(2)39-26-11-4-3-10-25(26)36-15-13-35(14-16-36)19-22(37)18-34-27(38)24-9-6-12-33-28(24)40-23-8-5-7-21(17-23)29(30,31)32/h3-12,17,20,22,37H,13-16,18-19H2,1-2H3,(H,34,38). The zero-order valence-corrected chi connectivity index (χ0v) is 22.4. The van der Waals surface area contributed by atoms with Crippen molar-refractivity contribution in [3.05, 3.63) is 78.0 Å². The first-order valence-electron chi connectivity index (χ1n) is 13.1. The maximum atomic E-state index is 13.0. The summed E-state index contributed by atoms with van der Waals surface area (Å²) < 4.78 is 50.6. The fourth-order valence-electron chi connectivity index (χ4n) is 4.40. The molecule has 1 aliphatic rings. The van der Waals surface area contributed by atoms with Crippen LogP contribution in [0.25, 0.3) is 0 Å².